The summed E-state index contributed by atoms with van der Waals surface area (Å²) in [5, 5.41) is 2.76. The average Bonchev–Trinajstić information content (AvgIpc) is 2.77. The molecule has 6 nitrogen and oxygen atoms in total. The Labute approximate surface area is 161 Å². The fraction of sp³-hybridized carbons (Fsp3) is 0.0500. The molecule has 3 aromatic carbocycles. The third-order valence-corrected chi connectivity index (χ3v) is 5.56. The zero-order valence-electron chi connectivity index (χ0n) is 14.7. The molecule has 0 unspecified atom stereocenters. The van der Waals surface area contributed by atoms with E-state index in [0.717, 1.165) is 17.7 Å². The van der Waals surface area contributed by atoms with E-state index in [1.54, 1.807) is 12.1 Å². The minimum absolute atomic E-state index is 0.156. The second-order valence-corrected chi connectivity index (χ2v) is 8.01. The van der Waals surface area contributed by atoms with Gasteiger partial charge in [0.05, 0.1) is 16.1 Å². The normalized spacial score (nSPS) is 12.9. The Morgan fingerprint density at radius 1 is 1.00 bits per heavy atom. The maximum atomic E-state index is 13.4. The molecular weight excluding hydrogens is 383 g/mol. The van der Waals surface area contributed by atoms with Crippen molar-refractivity contribution in [2.24, 2.45) is 0 Å². The number of amides is 1. The third kappa shape index (κ3) is 3.41. The molecule has 142 valence electrons. The quantitative estimate of drug-likeness (QED) is 0.689. The number of hydrogen-bond acceptors (Lipinski definition) is 4. The summed E-state index contributed by atoms with van der Waals surface area (Å²) in [4.78, 5) is 12.4. The van der Waals surface area contributed by atoms with Gasteiger partial charge in [-0.3, -0.25) is 9.52 Å². The molecule has 1 aliphatic heterocycles. The van der Waals surface area contributed by atoms with Crippen LogP contribution in [0.2, 0.25) is 0 Å². The van der Waals surface area contributed by atoms with Crippen molar-refractivity contribution in [1.82, 2.24) is 0 Å². The molecule has 0 atom stereocenters. The summed E-state index contributed by atoms with van der Waals surface area (Å²) in [6, 6.07) is 14.4. The number of nitrogens with one attached hydrogen (secondary N) is 2. The number of benzene rings is 3. The fourth-order valence-corrected chi connectivity index (χ4v) is 3.93. The van der Waals surface area contributed by atoms with Crippen molar-refractivity contribution in [3.63, 3.8) is 0 Å². The Bertz CT molecular complexity index is 1210. The van der Waals surface area contributed by atoms with Crippen molar-refractivity contribution < 1.29 is 22.3 Å². The molecule has 0 aliphatic carbocycles. The smallest absolute Gasteiger partial charge is 0.261 e. The Balaban J connectivity index is 1.68. The van der Waals surface area contributed by atoms with Gasteiger partial charge in [0, 0.05) is 5.69 Å². The van der Waals surface area contributed by atoms with Crippen LogP contribution in [0.25, 0.3) is 0 Å². The predicted octanol–water partition coefficient (Wildman–Crippen LogP) is 4.29. The van der Waals surface area contributed by atoms with Gasteiger partial charge in [-0.25, -0.2) is 12.8 Å². The van der Waals surface area contributed by atoms with Crippen molar-refractivity contribution in [3.8, 4) is 11.5 Å². The van der Waals surface area contributed by atoms with Gasteiger partial charge in [-0.05, 0) is 61.0 Å². The molecule has 0 saturated heterocycles. The molecule has 8 heteroatoms. The van der Waals surface area contributed by atoms with Crippen LogP contribution in [0.5, 0.6) is 11.5 Å². The average molecular weight is 398 g/mol. The Morgan fingerprint density at radius 2 is 1.79 bits per heavy atom. The van der Waals surface area contributed by atoms with Crippen molar-refractivity contribution >= 4 is 27.3 Å². The Kier molecular flexibility index (Phi) is 4.27. The highest BCUT2D eigenvalue weighted by molar-refractivity contribution is 7.92. The lowest BCUT2D eigenvalue weighted by Crippen LogP contribution is -2.15. The van der Waals surface area contributed by atoms with E-state index in [9.17, 15) is 17.6 Å². The first-order valence-corrected chi connectivity index (χ1v) is 9.82. The number of sulfonamides is 1. The van der Waals surface area contributed by atoms with Gasteiger partial charge in [0.1, 0.15) is 11.6 Å². The number of fused-ring (bicyclic) bond motifs is 2. The van der Waals surface area contributed by atoms with Crippen LogP contribution in [0.1, 0.15) is 15.9 Å². The van der Waals surface area contributed by atoms with E-state index in [2.05, 4.69) is 10.0 Å². The van der Waals surface area contributed by atoms with Crippen LogP contribution in [-0.4, -0.2) is 14.3 Å². The first kappa shape index (κ1) is 18.0. The molecule has 4 rings (SSSR count). The zero-order chi connectivity index (χ0) is 19.9. The number of halogens is 1. The summed E-state index contributed by atoms with van der Waals surface area (Å²) >= 11 is 0. The highest BCUT2D eigenvalue weighted by atomic mass is 32.2. The second-order valence-electron chi connectivity index (χ2n) is 6.33. The van der Waals surface area contributed by atoms with E-state index in [-0.39, 0.29) is 16.1 Å². The first-order valence-electron chi connectivity index (χ1n) is 8.34. The molecule has 0 aromatic heterocycles. The lowest BCUT2D eigenvalue weighted by atomic mass is 10.1. The van der Waals surface area contributed by atoms with E-state index in [1.807, 2.05) is 13.0 Å². The van der Waals surface area contributed by atoms with Gasteiger partial charge in [0.15, 0.2) is 5.75 Å². The fourth-order valence-electron chi connectivity index (χ4n) is 2.85. The molecule has 2 N–H and O–H groups in total. The topological polar surface area (TPSA) is 84.5 Å². The van der Waals surface area contributed by atoms with Crippen LogP contribution in [0.3, 0.4) is 0 Å². The van der Waals surface area contributed by atoms with E-state index < -0.39 is 21.7 Å². The van der Waals surface area contributed by atoms with Crippen LogP contribution in [0, 0.1) is 12.7 Å². The number of rotatable bonds is 3. The van der Waals surface area contributed by atoms with E-state index in [4.69, 9.17) is 4.74 Å². The number of hydrogen-bond donors (Lipinski definition) is 2. The number of carbonyl (C=O) groups is 1. The summed E-state index contributed by atoms with van der Waals surface area (Å²) in [5.74, 6) is -0.295. The second kappa shape index (κ2) is 6.65. The van der Waals surface area contributed by atoms with E-state index >= 15 is 0 Å². The molecule has 0 spiro atoms. The van der Waals surface area contributed by atoms with Gasteiger partial charge < -0.3 is 10.1 Å². The van der Waals surface area contributed by atoms with Crippen LogP contribution >= 0.6 is 0 Å². The summed E-state index contributed by atoms with van der Waals surface area (Å²) in [6.45, 7) is 1.89. The molecule has 0 radical (unpaired) electrons. The number of aryl methyl sites for hydroxylation is 1. The first-order chi connectivity index (χ1) is 13.3. The van der Waals surface area contributed by atoms with Gasteiger partial charge in [0.25, 0.3) is 15.9 Å². The molecule has 0 saturated carbocycles. The molecule has 28 heavy (non-hydrogen) atoms. The van der Waals surface area contributed by atoms with Crippen LogP contribution in [0.15, 0.2) is 65.6 Å². The SMILES string of the molecule is Cc1ccc2c(c1)NC(=O)c1cc(NS(=O)(=O)c3cccc(F)c3)ccc1O2. The minimum Gasteiger partial charge on any atom is -0.454 e. The van der Waals surface area contributed by atoms with E-state index in [1.165, 1.54) is 30.3 Å². The van der Waals surface area contributed by atoms with Crippen molar-refractivity contribution in [2.75, 3.05) is 10.0 Å². The molecule has 3 aromatic rings. The van der Waals surface area contributed by atoms with Crippen LogP contribution in [0.4, 0.5) is 15.8 Å². The highest BCUT2D eigenvalue weighted by Crippen LogP contribution is 2.37. The van der Waals surface area contributed by atoms with Crippen molar-refractivity contribution in [3.05, 3.63) is 77.6 Å². The summed E-state index contributed by atoms with van der Waals surface area (Å²) < 4.78 is 46.5. The minimum atomic E-state index is -4.01. The monoisotopic (exact) mass is 398 g/mol. The molecule has 0 fully saturated rings. The highest BCUT2D eigenvalue weighted by Gasteiger charge is 2.23. The number of ether oxygens (including phenoxy) is 1. The lowest BCUT2D eigenvalue weighted by Gasteiger charge is -2.11. The molecule has 1 amide bonds. The van der Waals surface area contributed by atoms with Crippen molar-refractivity contribution in [1.29, 1.82) is 0 Å². The standard InChI is InChI=1S/C20H15FN2O4S/c1-12-5-7-19-17(9-12)22-20(24)16-11-14(6-8-18(16)27-19)23-28(25,26)15-4-2-3-13(21)10-15/h2-11,23H,1H3,(H,22,24). The summed E-state index contributed by atoms with van der Waals surface area (Å²) in [7, 11) is -4.01. The summed E-state index contributed by atoms with van der Waals surface area (Å²) in [5.41, 5.74) is 1.82. The van der Waals surface area contributed by atoms with Gasteiger partial charge >= 0.3 is 0 Å². The predicted molar refractivity (Wildman–Crippen MR) is 103 cm³/mol. The van der Waals surface area contributed by atoms with Gasteiger partial charge in [-0.15, -0.1) is 0 Å². The molecular formula is C20H15FN2O4S. The molecule has 0 bridgehead atoms. The largest absolute Gasteiger partial charge is 0.454 e. The van der Waals surface area contributed by atoms with E-state index in [0.29, 0.717) is 17.2 Å². The molecule has 1 aliphatic rings. The zero-order valence-corrected chi connectivity index (χ0v) is 15.5. The van der Waals surface area contributed by atoms with Crippen molar-refractivity contribution in [2.45, 2.75) is 11.8 Å². The van der Waals surface area contributed by atoms with Gasteiger partial charge in [-0.2, -0.15) is 0 Å². The van der Waals surface area contributed by atoms with Gasteiger partial charge in [0.2, 0.25) is 0 Å². The summed E-state index contributed by atoms with van der Waals surface area (Å²) in [6.07, 6.45) is 0. The maximum absolute atomic E-state index is 13.4. The maximum Gasteiger partial charge on any atom is 0.261 e. The number of anilines is 2. The number of carbonyl (C=O) groups excluding carboxylic acids is 1. The van der Waals surface area contributed by atoms with Crippen LogP contribution < -0.4 is 14.8 Å². The lowest BCUT2D eigenvalue weighted by molar-refractivity contribution is 0.102. The Hall–Kier alpha value is -3.39. The Morgan fingerprint density at radius 3 is 2.57 bits per heavy atom. The van der Waals surface area contributed by atoms with Gasteiger partial charge in [-0.1, -0.05) is 12.1 Å². The molecule has 1 heterocycles. The van der Waals surface area contributed by atoms with Crippen LogP contribution in [-0.2, 0) is 10.0 Å². The third-order valence-electron chi connectivity index (χ3n) is 4.19.